The van der Waals surface area contributed by atoms with Gasteiger partial charge < -0.3 is 16.0 Å². The van der Waals surface area contributed by atoms with E-state index in [0.29, 0.717) is 27.7 Å². The van der Waals surface area contributed by atoms with Crippen molar-refractivity contribution in [3.05, 3.63) is 82.2 Å². The van der Waals surface area contributed by atoms with Crippen molar-refractivity contribution in [1.29, 1.82) is 0 Å². The lowest BCUT2D eigenvalue weighted by molar-refractivity contribution is 0.0915. The second-order valence-electron chi connectivity index (χ2n) is 9.53. The van der Waals surface area contributed by atoms with E-state index in [-0.39, 0.29) is 11.8 Å². The molecule has 2 aromatic carbocycles. The zero-order valence-electron chi connectivity index (χ0n) is 19.9. The summed E-state index contributed by atoms with van der Waals surface area (Å²) in [5.74, 6) is 0.00879. The van der Waals surface area contributed by atoms with Gasteiger partial charge in [0.2, 0.25) is 0 Å². The van der Waals surface area contributed by atoms with Gasteiger partial charge in [-0.15, -0.1) is 11.3 Å². The molecule has 0 spiro atoms. The second kappa shape index (κ2) is 9.64. The first kappa shape index (κ1) is 23.3. The van der Waals surface area contributed by atoms with E-state index in [2.05, 4.69) is 26.1 Å². The number of carbonyl (C=O) groups excluding carboxylic acids is 2. The number of anilines is 1. The van der Waals surface area contributed by atoms with Crippen molar-refractivity contribution in [3.8, 4) is 0 Å². The van der Waals surface area contributed by atoms with E-state index in [1.807, 2.05) is 68.4 Å². The largest absolute Gasteiger partial charge is 0.342 e. The van der Waals surface area contributed by atoms with E-state index in [4.69, 9.17) is 0 Å². The number of hydrogen-bond donors (Lipinski definition) is 4. The second-order valence-corrected chi connectivity index (χ2v) is 10.6. The van der Waals surface area contributed by atoms with E-state index in [0.717, 1.165) is 22.5 Å². The summed E-state index contributed by atoms with van der Waals surface area (Å²) >= 11 is 1.31. The molecule has 7 nitrogen and oxygen atoms in total. The normalized spacial score (nSPS) is 14.0. The molecule has 4 N–H and O–H groups in total. The summed E-state index contributed by atoms with van der Waals surface area (Å²) in [4.78, 5) is 27.1. The molecule has 1 aliphatic carbocycles. The maximum absolute atomic E-state index is 13.0. The van der Waals surface area contributed by atoms with E-state index >= 15 is 0 Å². The third-order valence-corrected chi connectivity index (χ3v) is 7.59. The molecular weight excluding hydrogens is 458 g/mol. The minimum absolute atomic E-state index is 0.170. The van der Waals surface area contributed by atoms with Crippen LogP contribution in [-0.4, -0.2) is 28.1 Å². The molecule has 8 heteroatoms. The monoisotopic (exact) mass is 487 g/mol. The van der Waals surface area contributed by atoms with Crippen LogP contribution in [0, 0.1) is 0 Å². The Morgan fingerprint density at radius 3 is 2.49 bits per heavy atom. The lowest BCUT2D eigenvalue weighted by atomic mass is 9.93. The molecule has 2 amide bonds. The number of aromatic amines is 1. The Balaban J connectivity index is 1.24. The van der Waals surface area contributed by atoms with E-state index < -0.39 is 5.54 Å². The first-order chi connectivity index (χ1) is 16.9. The summed E-state index contributed by atoms with van der Waals surface area (Å²) in [5.41, 5.74) is 2.22. The molecule has 0 radical (unpaired) electrons. The van der Waals surface area contributed by atoms with Crippen LogP contribution in [0.1, 0.15) is 64.3 Å². The fraction of sp³-hybridized carbons (Fsp3) is 0.296. The quantitative estimate of drug-likeness (QED) is 0.275. The van der Waals surface area contributed by atoms with Crippen molar-refractivity contribution in [2.24, 2.45) is 0 Å². The summed E-state index contributed by atoms with van der Waals surface area (Å²) in [6.45, 7) is 4.76. The molecule has 0 aliphatic heterocycles. The van der Waals surface area contributed by atoms with Crippen LogP contribution in [-0.2, 0) is 12.1 Å². The van der Waals surface area contributed by atoms with Gasteiger partial charge in [0.05, 0.1) is 15.8 Å². The van der Waals surface area contributed by atoms with Gasteiger partial charge in [0.15, 0.2) is 5.82 Å². The van der Waals surface area contributed by atoms with Crippen molar-refractivity contribution in [1.82, 2.24) is 20.8 Å². The van der Waals surface area contributed by atoms with Gasteiger partial charge in [0.25, 0.3) is 11.8 Å². The van der Waals surface area contributed by atoms with Crippen molar-refractivity contribution in [2.45, 2.75) is 51.2 Å². The number of nitrogens with one attached hydrogen (secondary N) is 4. The number of benzene rings is 2. The summed E-state index contributed by atoms with van der Waals surface area (Å²) in [6, 6.07) is 19.9. The van der Waals surface area contributed by atoms with Crippen LogP contribution in [0.2, 0.25) is 0 Å². The predicted molar refractivity (Wildman–Crippen MR) is 140 cm³/mol. The molecule has 180 valence electrons. The standard InChI is InChI=1S/C27H29N5O2S/c1-27(2,19-7-4-3-5-8-19)30-25(34)22-15-21-23(31-32-26(21)35-22)29-24(33)18-13-11-17(12-14-18)16-28-20-9-6-10-20/h3-5,7-8,11-15,20,28H,6,9-10,16H2,1-2H3,(H,30,34)(H2,29,31,32,33). The number of rotatable bonds is 8. The van der Waals surface area contributed by atoms with E-state index in [9.17, 15) is 9.59 Å². The molecule has 1 saturated carbocycles. The van der Waals surface area contributed by atoms with Crippen LogP contribution in [0.5, 0.6) is 0 Å². The van der Waals surface area contributed by atoms with E-state index in [1.54, 1.807) is 6.07 Å². The zero-order chi connectivity index (χ0) is 24.4. The minimum Gasteiger partial charge on any atom is -0.342 e. The highest BCUT2D eigenvalue weighted by Crippen LogP contribution is 2.30. The molecule has 1 fully saturated rings. The molecular formula is C27H29N5O2S. The molecule has 0 saturated heterocycles. The number of aromatic nitrogens is 2. The molecule has 0 atom stereocenters. The number of nitrogens with zero attached hydrogens (tertiary/aromatic N) is 1. The number of carbonyl (C=O) groups is 2. The molecule has 0 bridgehead atoms. The van der Waals surface area contributed by atoms with Gasteiger partial charge in [-0.3, -0.25) is 14.7 Å². The highest BCUT2D eigenvalue weighted by Gasteiger charge is 2.25. The summed E-state index contributed by atoms with van der Waals surface area (Å²) < 4.78 is 0. The molecule has 4 aromatic rings. The summed E-state index contributed by atoms with van der Waals surface area (Å²) in [6.07, 6.45) is 3.80. The lowest BCUT2D eigenvalue weighted by Gasteiger charge is -2.26. The van der Waals surface area contributed by atoms with Crippen LogP contribution < -0.4 is 16.0 Å². The first-order valence-electron chi connectivity index (χ1n) is 11.9. The van der Waals surface area contributed by atoms with Crippen molar-refractivity contribution in [3.63, 3.8) is 0 Å². The Morgan fingerprint density at radius 1 is 1.06 bits per heavy atom. The third kappa shape index (κ3) is 5.13. The summed E-state index contributed by atoms with van der Waals surface area (Å²) in [5, 5.41) is 17.4. The highest BCUT2D eigenvalue weighted by atomic mass is 32.1. The van der Waals surface area contributed by atoms with E-state index in [1.165, 1.54) is 30.6 Å². The zero-order valence-corrected chi connectivity index (χ0v) is 20.7. The topological polar surface area (TPSA) is 98.9 Å². The fourth-order valence-corrected chi connectivity index (χ4v) is 5.02. The molecule has 0 unspecified atom stereocenters. The van der Waals surface area contributed by atoms with Gasteiger partial charge in [-0.05, 0) is 56.0 Å². The third-order valence-electron chi connectivity index (χ3n) is 6.55. The maximum atomic E-state index is 13.0. The molecule has 5 rings (SSSR count). The van der Waals surface area contributed by atoms with Crippen molar-refractivity contribution in [2.75, 3.05) is 5.32 Å². The Bertz CT molecular complexity index is 1340. The SMILES string of the molecule is CC(C)(NC(=O)c1cc2c(NC(=O)c3ccc(CNC4CCC4)cc3)n[nH]c2s1)c1ccccc1. The predicted octanol–water partition coefficient (Wildman–Crippen LogP) is 5.18. The smallest absolute Gasteiger partial charge is 0.262 e. The lowest BCUT2D eigenvalue weighted by Crippen LogP contribution is -2.40. The molecule has 2 aromatic heterocycles. The maximum Gasteiger partial charge on any atom is 0.262 e. The van der Waals surface area contributed by atoms with Gasteiger partial charge in [-0.1, -0.05) is 48.9 Å². The Labute approximate surface area is 208 Å². The number of fused-ring (bicyclic) bond motifs is 1. The number of hydrogen-bond acceptors (Lipinski definition) is 5. The first-order valence-corrected chi connectivity index (χ1v) is 12.7. The van der Waals surface area contributed by atoms with Crippen LogP contribution in [0.3, 0.4) is 0 Å². The van der Waals surface area contributed by atoms with Crippen molar-refractivity contribution >= 4 is 39.2 Å². The van der Waals surface area contributed by atoms with Crippen LogP contribution in [0.25, 0.3) is 10.2 Å². The van der Waals surface area contributed by atoms with Gasteiger partial charge in [-0.2, -0.15) is 5.10 Å². The van der Waals surface area contributed by atoms with Crippen LogP contribution >= 0.6 is 11.3 Å². The number of amides is 2. The molecule has 1 aliphatic rings. The Morgan fingerprint density at radius 2 is 1.80 bits per heavy atom. The highest BCUT2D eigenvalue weighted by molar-refractivity contribution is 7.20. The van der Waals surface area contributed by atoms with Gasteiger partial charge in [0, 0.05) is 18.2 Å². The average Bonchev–Trinajstić information content (AvgIpc) is 3.41. The average molecular weight is 488 g/mol. The molecule has 35 heavy (non-hydrogen) atoms. The van der Waals surface area contributed by atoms with Crippen LogP contribution in [0.15, 0.2) is 60.7 Å². The Kier molecular flexibility index (Phi) is 6.40. The minimum atomic E-state index is -0.523. The molecule has 2 heterocycles. The Hall–Kier alpha value is -3.49. The fourth-order valence-electron chi connectivity index (χ4n) is 4.12. The summed E-state index contributed by atoms with van der Waals surface area (Å²) in [7, 11) is 0. The van der Waals surface area contributed by atoms with Gasteiger partial charge in [0.1, 0.15) is 4.83 Å². The van der Waals surface area contributed by atoms with Gasteiger partial charge >= 0.3 is 0 Å². The number of H-pyrrole nitrogens is 1. The van der Waals surface area contributed by atoms with Crippen molar-refractivity contribution < 1.29 is 9.59 Å². The van der Waals surface area contributed by atoms with Gasteiger partial charge in [-0.25, -0.2) is 0 Å². The number of thiophene rings is 1. The van der Waals surface area contributed by atoms with Crippen LogP contribution in [0.4, 0.5) is 5.82 Å².